The molecule has 0 aromatic heterocycles. The standard InChI is InChI=1S/C14H21N3O3/c1-4-20-12-8-6-5-7-11(12)15-9-13(18)17-14(19)16-10(2)3/h5-8,10,15H,4,9H2,1-3H3,(H2,16,17,18,19). The number of hydrogen-bond donors (Lipinski definition) is 3. The van der Waals surface area contributed by atoms with Gasteiger partial charge in [0.15, 0.2) is 0 Å². The summed E-state index contributed by atoms with van der Waals surface area (Å²) >= 11 is 0. The molecule has 0 unspecified atom stereocenters. The third-order valence-electron chi connectivity index (χ3n) is 2.30. The van der Waals surface area contributed by atoms with Crippen LogP contribution in [0, 0.1) is 0 Å². The van der Waals surface area contributed by atoms with Gasteiger partial charge >= 0.3 is 6.03 Å². The molecule has 0 fully saturated rings. The van der Waals surface area contributed by atoms with E-state index in [1.165, 1.54) is 0 Å². The third-order valence-corrected chi connectivity index (χ3v) is 2.30. The van der Waals surface area contributed by atoms with Crippen LogP contribution in [-0.4, -0.2) is 31.1 Å². The Morgan fingerprint density at radius 2 is 1.95 bits per heavy atom. The van der Waals surface area contributed by atoms with Crippen molar-refractivity contribution in [2.45, 2.75) is 26.8 Å². The lowest BCUT2D eigenvalue weighted by Crippen LogP contribution is -2.44. The summed E-state index contributed by atoms with van der Waals surface area (Å²) in [5.41, 5.74) is 0.716. The molecule has 0 spiro atoms. The van der Waals surface area contributed by atoms with Gasteiger partial charge in [-0.3, -0.25) is 10.1 Å². The highest BCUT2D eigenvalue weighted by Crippen LogP contribution is 2.23. The number of anilines is 1. The molecule has 3 N–H and O–H groups in total. The zero-order valence-corrected chi connectivity index (χ0v) is 12.0. The summed E-state index contributed by atoms with van der Waals surface area (Å²) in [4.78, 5) is 23.0. The first kappa shape index (κ1) is 15.8. The maximum absolute atomic E-state index is 11.6. The van der Waals surface area contributed by atoms with E-state index in [0.717, 1.165) is 0 Å². The summed E-state index contributed by atoms with van der Waals surface area (Å²) in [6, 6.07) is 6.81. The van der Waals surface area contributed by atoms with Crippen LogP contribution in [0.25, 0.3) is 0 Å². The predicted octanol–water partition coefficient (Wildman–Crippen LogP) is 1.73. The summed E-state index contributed by atoms with van der Waals surface area (Å²) in [6.07, 6.45) is 0. The Hall–Kier alpha value is -2.24. The van der Waals surface area contributed by atoms with Gasteiger partial charge in [-0.05, 0) is 32.9 Å². The zero-order chi connectivity index (χ0) is 15.0. The van der Waals surface area contributed by atoms with E-state index in [0.29, 0.717) is 18.0 Å². The fraction of sp³-hybridized carbons (Fsp3) is 0.429. The molecule has 20 heavy (non-hydrogen) atoms. The average molecular weight is 279 g/mol. The van der Waals surface area contributed by atoms with Crippen molar-refractivity contribution < 1.29 is 14.3 Å². The van der Waals surface area contributed by atoms with Crippen molar-refractivity contribution >= 4 is 17.6 Å². The summed E-state index contributed by atoms with van der Waals surface area (Å²) < 4.78 is 5.43. The number of benzene rings is 1. The molecule has 0 saturated carbocycles. The van der Waals surface area contributed by atoms with E-state index in [1.54, 1.807) is 0 Å². The van der Waals surface area contributed by atoms with Crippen molar-refractivity contribution in [2.75, 3.05) is 18.5 Å². The molecule has 0 bridgehead atoms. The topological polar surface area (TPSA) is 79.5 Å². The largest absolute Gasteiger partial charge is 0.492 e. The number of carbonyl (C=O) groups is 2. The van der Waals surface area contributed by atoms with Gasteiger partial charge in [-0.1, -0.05) is 12.1 Å². The summed E-state index contributed by atoms with van der Waals surface area (Å²) in [6.45, 7) is 6.07. The van der Waals surface area contributed by atoms with Crippen LogP contribution < -0.4 is 20.7 Å². The quantitative estimate of drug-likeness (QED) is 0.741. The Kier molecular flexibility index (Phi) is 6.36. The summed E-state index contributed by atoms with van der Waals surface area (Å²) in [5, 5.41) is 7.76. The highest BCUT2D eigenvalue weighted by atomic mass is 16.5. The molecule has 0 aliphatic carbocycles. The molecule has 0 radical (unpaired) electrons. The Labute approximate surface area is 118 Å². The fourth-order valence-corrected chi connectivity index (χ4v) is 1.54. The maximum Gasteiger partial charge on any atom is 0.321 e. The van der Waals surface area contributed by atoms with Crippen molar-refractivity contribution in [3.8, 4) is 5.75 Å². The zero-order valence-electron chi connectivity index (χ0n) is 12.0. The Bertz CT molecular complexity index is 461. The normalized spacial score (nSPS) is 10.0. The first-order valence-corrected chi connectivity index (χ1v) is 6.59. The van der Waals surface area contributed by atoms with Crippen molar-refractivity contribution in [2.24, 2.45) is 0 Å². The minimum absolute atomic E-state index is 0.00436. The Morgan fingerprint density at radius 3 is 2.60 bits per heavy atom. The van der Waals surface area contributed by atoms with E-state index in [9.17, 15) is 9.59 Å². The molecule has 0 atom stereocenters. The smallest absolute Gasteiger partial charge is 0.321 e. The lowest BCUT2D eigenvalue weighted by molar-refractivity contribution is -0.118. The van der Waals surface area contributed by atoms with E-state index >= 15 is 0 Å². The number of ether oxygens (including phenoxy) is 1. The minimum atomic E-state index is -0.495. The number of para-hydroxylation sites is 2. The predicted molar refractivity (Wildman–Crippen MR) is 77.9 cm³/mol. The van der Waals surface area contributed by atoms with Crippen LogP contribution in [0.2, 0.25) is 0 Å². The average Bonchev–Trinajstić information content (AvgIpc) is 2.37. The van der Waals surface area contributed by atoms with Gasteiger partial charge in [-0.15, -0.1) is 0 Å². The summed E-state index contributed by atoms with van der Waals surface area (Å²) in [5.74, 6) is 0.267. The number of urea groups is 1. The van der Waals surface area contributed by atoms with Crippen molar-refractivity contribution in [1.29, 1.82) is 0 Å². The van der Waals surface area contributed by atoms with E-state index in [4.69, 9.17) is 4.74 Å². The molecule has 0 aliphatic heterocycles. The number of amides is 3. The molecule has 0 heterocycles. The molecule has 1 aromatic carbocycles. The Morgan fingerprint density at radius 1 is 1.25 bits per heavy atom. The van der Waals surface area contributed by atoms with Crippen molar-refractivity contribution in [1.82, 2.24) is 10.6 Å². The van der Waals surface area contributed by atoms with Gasteiger partial charge in [0.05, 0.1) is 18.8 Å². The maximum atomic E-state index is 11.6. The van der Waals surface area contributed by atoms with Gasteiger partial charge in [0.1, 0.15) is 5.75 Å². The number of rotatable bonds is 6. The number of carbonyl (C=O) groups excluding carboxylic acids is 2. The van der Waals surface area contributed by atoms with Crippen molar-refractivity contribution in [3.63, 3.8) is 0 Å². The van der Waals surface area contributed by atoms with Crippen LogP contribution in [0.4, 0.5) is 10.5 Å². The lowest BCUT2D eigenvalue weighted by atomic mass is 10.3. The highest BCUT2D eigenvalue weighted by Gasteiger charge is 2.09. The molecular formula is C14H21N3O3. The Balaban J connectivity index is 2.47. The monoisotopic (exact) mass is 279 g/mol. The van der Waals surface area contributed by atoms with Crippen LogP contribution in [-0.2, 0) is 4.79 Å². The number of nitrogens with one attached hydrogen (secondary N) is 3. The molecule has 0 aliphatic rings. The molecule has 110 valence electrons. The lowest BCUT2D eigenvalue weighted by Gasteiger charge is -2.12. The van der Waals surface area contributed by atoms with Crippen molar-refractivity contribution in [3.05, 3.63) is 24.3 Å². The highest BCUT2D eigenvalue weighted by molar-refractivity contribution is 5.96. The molecule has 1 rings (SSSR count). The molecule has 0 saturated heterocycles. The van der Waals surface area contributed by atoms with E-state index < -0.39 is 11.9 Å². The second-order valence-electron chi connectivity index (χ2n) is 4.46. The van der Waals surface area contributed by atoms with Crippen LogP contribution in [0.5, 0.6) is 5.75 Å². The minimum Gasteiger partial charge on any atom is -0.492 e. The number of hydrogen-bond acceptors (Lipinski definition) is 4. The second-order valence-corrected chi connectivity index (χ2v) is 4.46. The SMILES string of the molecule is CCOc1ccccc1NCC(=O)NC(=O)NC(C)C. The van der Waals surface area contributed by atoms with Crippen LogP contribution in [0.15, 0.2) is 24.3 Å². The molecular weight excluding hydrogens is 258 g/mol. The first-order chi connectivity index (χ1) is 9.52. The second kappa shape index (κ2) is 8.04. The van der Waals surface area contributed by atoms with Crippen LogP contribution in [0.1, 0.15) is 20.8 Å². The molecule has 6 nitrogen and oxygen atoms in total. The number of imide groups is 1. The van der Waals surface area contributed by atoms with E-state index in [-0.39, 0.29) is 12.6 Å². The van der Waals surface area contributed by atoms with E-state index in [1.807, 2.05) is 45.0 Å². The van der Waals surface area contributed by atoms with Crippen LogP contribution >= 0.6 is 0 Å². The van der Waals surface area contributed by atoms with Gasteiger partial charge in [-0.2, -0.15) is 0 Å². The third kappa shape index (κ3) is 5.60. The van der Waals surface area contributed by atoms with Gasteiger partial charge in [-0.25, -0.2) is 4.79 Å². The van der Waals surface area contributed by atoms with Gasteiger partial charge in [0.2, 0.25) is 5.91 Å². The van der Waals surface area contributed by atoms with Gasteiger partial charge in [0.25, 0.3) is 0 Å². The molecule has 1 aromatic rings. The summed E-state index contributed by atoms with van der Waals surface area (Å²) in [7, 11) is 0. The molecule has 6 heteroatoms. The molecule has 3 amide bonds. The van der Waals surface area contributed by atoms with Gasteiger partial charge < -0.3 is 15.4 Å². The fourth-order valence-electron chi connectivity index (χ4n) is 1.54. The van der Waals surface area contributed by atoms with Gasteiger partial charge in [0, 0.05) is 6.04 Å². The van der Waals surface area contributed by atoms with Crippen LogP contribution in [0.3, 0.4) is 0 Å². The van der Waals surface area contributed by atoms with E-state index in [2.05, 4.69) is 16.0 Å². The first-order valence-electron chi connectivity index (χ1n) is 6.59.